The summed E-state index contributed by atoms with van der Waals surface area (Å²) in [5.74, 6) is 0.995. The number of ether oxygens (including phenoxy) is 1. The normalized spacial score (nSPS) is 22.2. The fourth-order valence-corrected chi connectivity index (χ4v) is 5.58. The summed E-state index contributed by atoms with van der Waals surface area (Å²) in [7, 11) is 0. The van der Waals surface area contributed by atoms with E-state index in [2.05, 4.69) is 66.9 Å². The molecule has 5 heteroatoms. The lowest BCUT2D eigenvalue weighted by Crippen LogP contribution is -2.46. The molecule has 2 fully saturated rings. The van der Waals surface area contributed by atoms with Crippen LogP contribution in [0.5, 0.6) is 5.75 Å². The lowest BCUT2D eigenvalue weighted by atomic mass is 9.80. The number of nitrogens with one attached hydrogen (secondary N) is 1. The molecule has 2 aromatic rings. The molecule has 2 saturated heterocycles. The van der Waals surface area contributed by atoms with Crippen molar-refractivity contribution >= 4 is 0 Å². The van der Waals surface area contributed by atoms with E-state index in [1.54, 1.807) is 0 Å². The molecule has 5 nitrogen and oxygen atoms in total. The Morgan fingerprint density at radius 3 is 2.48 bits per heavy atom. The zero-order valence-corrected chi connectivity index (χ0v) is 18.3. The second-order valence-electron chi connectivity index (χ2n) is 9.99. The van der Waals surface area contributed by atoms with Crippen molar-refractivity contribution < 1.29 is 4.74 Å². The first-order chi connectivity index (χ1) is 13.9. The third-order valence-electron chi connectivity index (χ3n) is 7.22. The maximum absolute atomic E-state index is 6.73. The molecular formula is C24H34N4O. The Morgan fingerprint density at radius 2 is 1.79 bits per heavy atom. The smallest absolute Gasteiger partial charge is 0.140 e. The highest BCUT2D eigenvalue weighted by Crippen LogP contribution is 2.50. The van der Waals surface area contributed by atoms with Crippen molar-refractivity contribution in [1.29, 1.82) is 0 Å². The highest BCUT2D eigenvalue weighted by molar-refractivity contribution is 5.74. The average Bonchev–Trinajstić information content (AvgIpc) is 3.07. The van der Waals surface area contributed by atoms with Gasteiger partial charge in [0.25, 0.3) is 0 Å². The Labute approximate surface area is 174 Å². The minimum absolute atomic E-state index is 0.233. The van der Waals surface area contributed by atoms with Crippen LogP contribution in [0.2, 0.25) is 0 Å². The number of hydrogen-bond donors (Lipinski definition) is 1. The van der Waals surface area contributed by atoms with Gasteiger partial charge in [-0.05, 0) is 65.8 Å². The molecule has 0 amide bonds. The van der Waals surface area contributed by atoms with E-state index in [9.17, 15) is 0 Å². The molecule has 3 aliphatic rings. The number of nitrogens with zero attached hydrogens (tertiary/aromatic N) is 3. The molecule has 0 aliphatic carbocycles. The average molecular weight is 395 g/mol. The van der Waals surface area contributed by atoms with Gasteiger partial charge in [-0.15, -0.1) is 0 Å². The van der Waals surface area contributed by atoms with Crippen molar-refractivity contribution in [3.05, 3.63) is 35.5 Å². The molecule has 29 heavy (non-hydrogen) atoms. The molecule has 1 aromatic carbocycles. The summed E-state index contributed by atoms with van der Waals surface area (Å²) in [6.07, 6.45) is 4.33. The molecule has 0 saturated carbocycles. The van der Waals surface area contributed by atoms with Gasteiger partial charge in [-0.1, -0.05) is 12.1 Å². The molecular weight excluding hydrogens is 360 g/mol. The summed E-state index contributed by atoms with van der Waals surface area (Å²) in [5, 5.41) is 8.76. The first-order valence-electron chi connectivity index (χ1n) is 11.2. The molecule has 0 unspecified atom stereocenters. The Balaban J connectivity index is 1.55. The highest BCUT2D eigenvalue weighted by atomic mass is 16.5. The first-order valence-corrected chi connectivity index (χ1v) is 11.2. The molecule has 1 aromatic heterocycles. The quantitative estimate of drug-likeness (QED) is 0.785. The number of para-hydroxylation sites is 1. The molecule has 0 bridgehead atoms. The predicted octanol–water partition coefficient (Wildman–Crippen LogP) is 4.27. The highest BCUT2D eigenvalue weighted by Gasteiger charge is 2.46. The van der Waals surface area contributed by atoms with E-state index in [0.29, 0.717) is 6.04 Å². The number of hydrogen-bond acceptors (Lipinski definition) is 4. The maximum atomic E-state index is 6.73. The Hall–Kier alpha value is -1.85. The van der Waals surface area contributed by atoms with Gasteiger partial charge in [0.1, 0.15) is 17.0 Å². The van der Waals surface area contributed by atoms with Crippen molar-refractivity contribution in [3.63, 3.8) is 0 Å². The van der Waals surface area contributed by atoms with E-state index < -0.39 is 0 Å². The zero-order chi connectivity index (χ0) is 20.2. The largest absolute Gasteiger partial charge is 0.482 e. The fraction of sp³-hybridized carbons (Fsp3) is 0.625. The minimum atomic E-state index is -0.233. The molecule has 1 N–H and O–H groups in total. The third-order valence-corrected chi connectivity index (χ3v) is 7.22. The third kappa shape index (κ3) is 3.10. The lowest BCUT2D eigenvalue weighted by Gasteiger charge is -2.42. The molecule has 3 aliphatic heterocycles. The standard InChI is InChI=1S/C24H34N4O/c1-17-21-22(26-28(17)18-9-15-27(16-10-18)23(2,3)4)19-7-5-6-8-20(19)29-24(21)11-13-25-14-12-24/h5-8,18,25H,9-16H2,1-4H3. The Bertz CT molecular complexity index is 896. The number of aromatic nitrogens is 2. The molecule has 4 heterocycles. The summed E-state index contributed by atoms with van der Waals surface area (Å²) in [4.78, 5) is 2.61. The SMILES string of the molecule is Cc1c2c(nn1C1CCN(C(C)(C)C)CC1)-c1ccccc1OC21CCNCC1. The monoisotopic (exact) mass is 394 g/mol. The van der Waals surface area contributed by atoms with Crippen LogP contribution in [0.3, 0.4) is 0 Å². The van der Waals surface area contributed by atoms with Gasteiger partial charge in [-0.2, -0.15) is 5.10 Å². The van der Waals surface area contributed by atoms with Gasteiger partial charge in [0.15, 0.2) is 0 Å². The number of likely N-dealkylation sites (tertiary alicyclic amines) is 1. The van der Waals surface area contributed by atoms with E-state index in [0.717, 1.165) is 68.9 Å². The Kier molecular flexibility index (Phi) is 4.52. The summed E-state index contributed by atoms with van der Waals surface area (Å²) < 4.78 is 9.08. The molecule has 5 rings (SSSR count). The number of benzene rings is 1. The fourth-order valence-electron chi connectivity index (χ4n) is 5.58. The summed E-state index contributed by atoms with van der Waals surface area (Å²) >= 11 is 0. The topological polar surface area (TPSA) is 42.3 Å². The summed E-state index contributed by atoms with van der Waals surface area (Å²) in [6.45, 7) is 13.5. The van der Waals surface area contributed by atoms with E-state index in [-0.39, 0.29) is 11.1 Å². The molecule has 0 atom stereocenters. The number of piperidine rings is 2. The summed E-state index contributed by atoms with van der Waals surface area (Å²) in [5.41, 5.74) is 4.98. The lowest BCUT2D eigenvalue weighted by molar-refractivity contribution is 0.0299. The first kappa shape index (κ1) is 19.1. The van der Waals surface area contributed by atoms with Gasteiger partial charge in [0.2, 0.25) is 0 Å². The van der Waals surface area contributed by atoms with Crippen LogP contribution in [-0.2, 0) is 5.60 Å². The van der Waals surface area contributed by atoms with Crippen molar-refractivity contribution in [2.75, 3.05) is 26.2 Å². The summed E-state index contributed by atoms with van der Waals surface area (Å²) in [6, 6.07) is 8.93. The van der Waals surface area contributed by atoms with Crippen LogP contribution in [-0.4, -0.2) is 46.4 Å². The zero-order valence-electron chi connectivity index (χ0n) is 18.3. The van der Waals surface area contributed by atoms with Gasteiger partial charge in [-0.3, -0.25) is 9.58 Å². The maximum Gasteiger partial charge on any atom is 0.140 e. The van der Waals surface area contributed by atoms with E-state index in [1.165, 1.54) is 11.3 Å². The van der Waals surface area contributed by atoms with Gasteiger partial charge >= 0.3 is 0 Å². The van der Waals surface area contributed by atoms with Crippen molar-refractivity contribution in [2.24, 2.45) is 0 Å². The van der Waals surface area contributed by atoms with Crippen molar-refractivity contribution in [2.45, 2.75) is 70.6 Å². The van der Waals surface area contributed by atoms with Crippen LogP contribution < -0.4 is 10.1 Å². The van der Waals surface area contributed by atoms with E-state index >= 15 is 0 Å². The van der Waals surface area contributed by atoms with E-state index in [1.807, 2.05) is 0 Å². The van der Waals surface area contributed by atoms with Crippen LogP contribution in [0.15, 0.2) is 24.3 Å². The van der Waals surface area contributed by atoms with Gasteiger partial charge < -0.3 is 10.1 Å². The number of fused-ring (bicyclic) bond motifs is 4. The second-order valence-corrected chi connectivity index (χ2v) is 9.99. The molecule has 156 valence electrons. The van der Waals surface area contributed by atoms with E-state index in [4.69, 9.17) is 9.84 Å². The second kappa shape index (κ2) is 6.85. The molecule has 0 radical (unpaired) electrons. The van der Waals surface area contributed by atoms with Crippen molar-refractivity contribution in [3.8, 4) is 17.0 Å². The van der Waals surface area contributed by atoms with Crippen LogP contribution in [0.4, 0.5) is 0 Å². The van der Waals surface area contributed by atoms with Gasteiger partial charge in [0.05, 0.1) is 6.04 Å². The van der Waals surface area contributed by atoms with Gasteiger partial charge in [-0.25, -0.2) is 0 Å². The van der Waals surface area contributed by atoms with Crippen molar-refractivity contribution in [1.82, 2.24) is 20.0 Å². The van der Waals surface area contributed by atoms with Crippen LogP contribution >= 0.6 is 0 Å². The minimum Gasteiger partial charge on any atom is -0.482 e. The van der Waals surface area contributed by atoms with Crippen LogP contribution in [0.25, 0.3) is 11.3 Å². The van der Waals surface area contributed by atoms with Crippen LogP contribution in [0.1, 0.15) is 63.8 Å². The Morgan fingerprint density at radius 1 is 1.10 bits per heavy atom. The number of rotatable bonds is 1. The van der Waals surface area contributed by atoms with Crippen LogP contribution in [0, 0.1) is 6.92 Å². The molecule has 1 spiro atoms. The predicted molar refractivity (Wildman–Crippen MR) is 116 cm³/mol. The van der Waals surface area contributed by atoms with Gasteiger partial charge in [0, 0.05) is 48.3 Å².